The van der Waals surface area contributed by atoms with E-state index in [9.17, 15) is 43.3 Å². The van der Waals surface area contributed by atoms with Crippen LogP contribution < -0.4 is 20.8 Å². The van der Waals surface area contributed by atoms with E-state index < -0.39 is 103 Å². The van der Waals surface area contributed by atoms with Gasteiger partial charge in [-0.25, -0.2) is 4.79 Å². The first-order valence-electron chi connectivity index (χ1n) is 27.3. The molecule has 7 fully saturated rings. The second-order valence-electron chi connectivity index (χ2n) is 24.8. The van der Waals surface area contributed by atoms with E-state index in [-0.39, 0.29) is 60.7 Å². The Labute approximate surface area is 454 Å². The number of Topliss-reactive ketones (excluding diaryl/α,β-unsaturated/α-hetero) is 1. The molecular formula is C60H68N3O14P. The van der Waals surface area contributed by atoms with Crippen molar-refractivity contribution in [1.29, 1.82) is 0 Å². The van der Waals surface area contributed by atoms with E-state index in [0.29, 0.717) is 44.1 Å². The summed E-state index contributed by atoms with van der Waals surface area (Å²) in [6, 6.07) is 22.7. The summed E-state index contributed by atoms with van der Waals surface area (Å²) in [4.78, 5) is 91.5. The Bertz CT molecular complexity index is 2980. The van der Waals surface area contributed by atoms with Crippen molar-refractivity contribution in [1.82, 2.24) is 16.0 Å². The van der Waals surface area contributed by atoms with Gasteiger partial charge in [0.1, 0.15) is 24.8 Å². The normalized spacial score (nSPS) is 33.2. The Morgan fingerprint density at radius 1 is 0.949 bits per heavy atom. The van der Waals surface area contributed by atoms with Gasteiger partial charge in [-0.05, 0) is 140 Å². The van der Waals surface area contributed by atoms with Gasteiger partial charge in [0.15, 0.2) is 30.1 Å². The number of carbonyl (C=O) groups is 6. The number of ketones is 2. The number of rotatable bonds is 17. The number of esters is 1. The third-order valence-electron chi connectivity index (χ3n) is 18.8. The highest BCUT2D eigenvalue weighted by Crippen LogP contribution is 2.71. The Balaban J connectivity index is 0.703. The minimum atomic E-state index is -3.32. The molecule has 1 aliphatic heterocycles. The fourth-order valence-electron chi connectivity index (χ4n) is 15.8. The van der Waals surface area contributed by atoms with Crippen LogP contribution in [-0.2, 0) is 58.4 Å². The Morgan fingerprint density at radius 3 is 2.29 bits per heavy atom. The van der Waals surface area contributed by atoms with Crippen molar-refractivity contribution in [3.63, 3.8) is 0 Å². The molecular weight excluding hydrogens is 1020 g/mol. The minimum absolute atomic E-state index is 0.0204. The van der Waals surface area contributed by atoms with Crippen LogP contribution in [0.5, 0.6) is 0 Å². The molecule has 3 amide bonds. The number of nitrogens with one attached hydrogen (secondary N) is 3. The third-order valence-corrected chi connectivity index (χ3v) is 19.1. The number of aliphatic hydroxyl groups excluding tert-OH is 1. The van der Waals surface area contributed by atoms with E-state index in [4.69, 9.17) is 23.5 Å². The van der Waals surface area contributed by atoms with Gasteiger partial charge in [0.25, 0.3) is 0 Å². The number of allylic oxidation sites excluding steroid dienone is 4. The maximum absolute atomic E-state index is 14.5. The molecule has 0 radical (unpaired) electrons. The predicted octanol–water partition coefficient (Wildman–Crippen LogP) is 7.06. The highest BCUT2D eigenvalue weighted by Gasteiger charge is 2.76. The fourth-order valence-corrected chi connectivity index (χ4v) is 16.0. The number of amides is 3. The van der Waals surface area contributed by atoms with Gasteiger partial charge in [-0.3, -0.25) is 24.0 Å². The monoisotopic (exact) mass is 1090 g/mol. The van der Waals surface area contributed by atoms with E-state index >= 15 is 0 Å². The lowest BCUT2D eigenvalue weighted by Crippen LogP contribution is -2.76. The number of alkyl carbamates (subject to hydrolysis) is 1. The van der Waals surface area contributed by atoms with E-state index in [1.165, 1.54) is 0 Å². The molecule has 1 saturated heterocycles. The molecule has 1 unspecified atom stereocenters. The molecule has 4 N–H and O–H groups in total. The van der Waals surface area contributed by atoms with Gasteiger partial charge in [-0.2, -0.15) is 0 Å². The molecule has 3 aromatic carbocycles. The summed E-state index contributed by atoms with van der Waals surface area (Å²) in [5, 5.41) is 20.5. The quantitative estimate of drug-likeness (QED) is 0.0782. The lowest BCUT2D eigenvalue weighted by molar-refractivity contribution is -0.204. The number of benzene rings is 3. The molecule has 0 spiro atoms. The van der Waals surface area contributed by atoms with E-state index in [1.54, 1.807) is 32.9 Å². The SMILES string of the molecule is CC(C)(C)OC(=O)CC[C@H](NC(=O)CNC(=O)OCC1c2ccccc2-c2ccccc21)C(=O)NC12CC(Cc3ccc([C@@H]4O[C@@H]5C[C@H]6[C@@H]7CCC8=CC(=O)C=C[C@]8(C)[C@H]7[C@@H](O)C[C@]6(C)[C@]5(C(=O)CO[P+](=O)[O-])O4)cc3)(C1)C2. The van der Waals surface area contributed by atoms with Gasteiger partial charge < -0.3 is 44.9 Å². The van der Waals surface area contributed by atoms with Crippen molar-refractivity contribution in [3.8, 4) is 11.1 Å². The largest absolute Gasteiger partial charge is 0.566 e. The average Bonchev–Trinajstić information content (AvgIpc) is 3.97. The van der Waals surface area contributed by atoms with Crippen LogP contribution in [0.15, 0.2) is 96.6 Å². The highest BCUT2D eigenvalue weighted by molar-refractivity contribution is 7.30. The van der Waals surface area contributed by atoms with Crippen LogP contribution in [0.3, 0.4) is 0 Å². The standard InChI is InChI=1S/C60H68N3O14P/c1-55(2,3)76-50(68)21-20-45(62-49(67)28-61-54(70)73-29-43-40-12-8-6-10-38(40)39-11-7-9-13-41(39)43)52(69)63-59-31-58(32-59,33-59)26-34-14-16-35(17-15-34)53-75-48-25-44-42-19-18-36-24-37(64)22-23-56(36,4)51(42)46(65)27-57(44,5)60(48,77-53)47(66)30-74-78(71)72/h6-17,22-24,42-46,48,51,53,65H,18-21,25-33H2,1-5H3,(H,61,70)(H,62,67)(H,63,69)/t42-,44-,45-,46-,48+,51+,53+,56-,57-,58?,59?,60+/m0/s1. The second-order valence-corrected chi connectivity index (χ2v) is 25.5. The molecule has 17 nitrogen and oxygen atoms in total. The number of ether oxygens (including phenoxy) is 4. The van der Waals surface area contributed by atoms with Crippen LogP contribution in [0, 0.1) is 34.0 Å². The number of aliphatic hydroxyl groups is 1. The van der Waals surface area contributed by atoms with Gasteiger partial charge in [-0.15, -0.1) is 4.52 Å². The molecule has 78 heavy (non-hydrogen) atoms. The predicted molar refractivity (Wildman–Crippen MR) is 281 cm³/mol. The van der Waals surface area contributed by atoms with E-state index in [1.807, 2.05) is 85.8 Å². The summed E-state index contributed by atoms with van der Waals surface area (Å²) in [6.07, 6.45) is 6.66. The topological polar surface area (TPSA) is 245 Å². The number of hydrogen-bond donors (Lipinski definition) is 4. The van der Waals surface area contributed by atoms with Crippen molar-refractivity contribution < 1.29 is 66.8 Å². The molecule has 12 rings (SSSR count). The highest BCUT2D eigenvalue weighted by atomic mass is 31.1. The summed E-state index contributed by atoms with van der Waals surface area (Å²) in [5.74, 6) is -2.67. The minimum Gasteiger partial charge on any atom is -0.566 e. The summed E-state index contributed by atoms with van der Waals surface area (Å²) >= 11 is 0. The van der Waals surface area contributed by atoms with Crippen molar-refractivity contribution in [2.45, 2.75) is 146 Å². The smallest absolute Gasteiger partial charge is 0.488 e. The summed E-state index contributed by atoms with van der Waals surface area (Å²) < 4.78 is 41.2. The molecule has 1 heterocycles. The molecule has 6 saturated carbocycles. The van der Waals surface area contributed by atoms with Crippen molar-refractivity contribution in [2.24, 2.45) is 34.0 Å². The first kappa shape index (κ1) is 54.0. The number of fused-ring (bicyclic) bond motifs is 10. The molecule has 3 aromatic rings. The fraction of sp³-hybridized carbons (Fsp3) is 0.533. The molecule has 9 aliphatic rings. The molecule has 8 aliphatic carbocycles. The van der Waals surface area contributed by atoms with Crippen LogP contribution in [0.4, 0.5) is 4.79 Å². The van der Waals surface area contributed by atoms with Gasteiger partial charge in [0.05, 0.1) is 12.2 Å². The lowest BCUT2D eigenvalue weighted by atomic mass is 9.38. The zero-order valence-corrected chi connectivity index (χ0v) is 45.6. The summed E-state index contributed by atoms with van der Waals surface area (Å²) in [5.41, 5.74) is 2.68. The van der Waals surface area contributed by atoms with Crippen molar-refractivity contribution in [2.75, 3.05) is 19.8 Å². The van der Waals surface area contributed by atoms with E-state index in [0.717, 1.165) is 39.8 Å². The molecule has 412 valence electrons. The first-order chi connectivity index (χ1) is 37.0. The molecule has 2 bridgehead atoms. The van der Waals surface area contributed by atoms with Crippen molar-refractivity contribution in [3.05, 3.63) is 119 Å². The Kier molecular flexibility index (Phi) is 13.9. The summed E-state index contributed by atoms with van der Waals surface area (Å²) in [6.45, 7) is 8.18. The van der Waals surface area contributed by atoms with Crippen LogP contribution in [0.2, 0.25) is 0 Å². The van der Waals surface area contributed by atoms with E-state index in [2.05, 4.69) is 22.9 Å². The van der Waals surface area contributed by atoms with Gasteiger partial charge >= 0.3 is 20.3 Å². The number of carbonyl (C=O) groups excluding carboxylic acids is 6. The maximum Gasteiger partial charge on any atom is 0.488 e. The molecule has 0 aromatic heterocycles. The second kappa shape index (κ2) is 20.0. The lowest BCUT2D eigenvalue weighted by Gasteiger charge is -2.71. The Hall–Kier alpha value is -5.94. The van der Waals surface area contributed by atoms with Crippen LogP contribution in [0.25, 0.3) is 11.1 Å². The summed E-state index contributed by atoms with van der Waals surface area (Å²) in [7, 11) is -3.32. The first-order valence-corrected chi connectivity index (χ1v) is 28.4. The molecule has 18 heteroatoms. The third kappa shape index (κ3) is 9.55. The average molecular weight is 1090 g/mol. The van der Waals surface area contributed by atoms with Crippen LogP contribution in [0.1, 0.15) is 127 Å². The van der Waals surface area contributed by atoms with Crippen molar-refractivity contribution >= 4 is 43.7 Å². The zero-order valence-electron chi connectivity index (χ0n) is 44.7. The Morgan fingerprint density at radius 2 is 1.63 bits per heavy atom. The van der Waals surface area contributed by atoms with Crippen LogP contribution in [-0.4, -0.2) is 95.3 Å². The van der Waals surface area contributed by atoms with Gasteiger partial charge in [-0.1, -0.05) is 98.3 Å². The molecule has 11 atom stereocenters. The van der Waals surface area contributed by atoms with Gasteiger partial charge in [0.2, 0.25) is 11.8 Å². The number of hydrogen-bond acceptors (Lipinski definition) is 14. The zero-order chi connectivity index (χ0) is 55.2. The maximum atomic E-state index is 14.5. The van der Waals surface area contributed by atoms with Crippen LogP contribution >= 0.6 is 8.25 Å². The van der Waals surface area contributed by atoms with Gasteiger partial charge in [0, 0.05) is 40.2 Å².